The second-order valence-corrected chi connectivity index (χ2v) is 3.85. The van der Waals surface area contributed by atoms with Crippen molar-refractivity contribution in [1.82, 2.24) is 9.97 Å². The largest absolute Gasteiger partial charge is 0.380 e. The van der Waals surface area contributed by atoms with Gasteiger partial charge in [-0.05, 0) is 18.1 Å². The number of nitrogens with zero attached hydrogens (tertiary/aromatic N) is 4. The Morgan fingerprint density at radius 2 is 2.47 bits per heavy atom. The van der Waals surface area contributed by atoms with Gasteiger partial charge in [-0.2, -0.15) is 5.26 Å². The SMILES string of the molecule is COCC1=CCN(c2nccc(C#N)n2)CC1. The molecule has 0 N–H and O–H groups in total. The van der Waals surface area contributed by atoms with E-state index in [4.69, 9.17) is 10.00 Å². The molecule has 1 aliphatic rings. The molecule has 0 saturated heterocycles. The predicted molar refractivity (Wildman–Crippen MR) is 63.5 cm³/mol. The van der Waals surface area contributed by atoms with Gasteiger partial charge >= 0.3 is 0 Å². The number of nitriles is 1. The van der Waals surface area contributed by atoms with Crippen molar-refractivity contribution in [2.75, 3.05) is 31.7 Å². The van der Waals surface area contributed by atoms with Crippen LogP contribution >= 0.6 is 0 Å². The molecule has 0 spiro atoms. The number of aromatic nitrogens is 2. The number of ether oxygens (including phenoxy) is 1. The van der Waals surface area contributed by atoms with Gasteiger partial charge in [0, 0.05) is 26.4 Å². The van der Waals surface area contributed by atoms with E-state index in [-0.39, 0.29) is 0 Å². The smallest absolute Gasteiger partial charge is 0.226 e. The van der Waals surface area contributed by atoms with Crippen molar-refractivity contribution in [2.45, 2.75) is 6.42 Å². The molecule has 1 aromatic rings. The summed E-state index contributed by atoms with van der Waals surface area (Å²) >= 11 is 0. The molecule has 0 fully saturated rings. The van der Waals surface area contributed by atoms with Crippen molar-refractivity contribution >= 4 is 5.95 Å². The standard InChI is InChI=1S/C12H14N4O/c1-17-9-10-3-6-16(7-4-10)12-14-5-2-11(8-13)15-12/h2-3,5H,4,6-7,9H2,1H3. The molecule has 0 unspecified atom stereocenters. The first-order valence-electron chi connectivity index (χ1n) is 5.48. The first-order chi connectivity index (χ1) is 8.33. The van der Waals surface area contributed by atoms with Crippen LogP contribution in [-0.4, -0.2) is 36.8 Å². The van der Waals surface area contributed by atoms with E-state index in [1.165, 1.54) is 5.57 Å². The Hall–Kier alpha value is -1.93. The molecule has 5 nitrogen and oxygen atoms in total. The van der Waals surface area contributed by atoms with Crippen LogP contribution in [0.4, 0.5) is 5.95 Å². The third-order valence-corrected chi connectivity index (χ3v) is 2.67. The average molecular weight is 230 g/mol. The molecular formula is C12H14N4O. The van der Waals surface area contributed by atoms with E-state index in [1.54, 1.807) is 19.4 Å². The highest BCUT2D eigenvalue weighted by molar-refractivity contribution is 5.36. The second kappa shape index (κ2) is 5.41. The average Bonchev–Trinajstić information content (AvgIpc) is 2.40. The molecule has 2 heterocycles. The van der Waals surface area contributed by atoms with E-state index in [9.17, 15) is 0 Å². The molecular weight excluding hydrogens is 216 g/mol. The van der Waals surface area contributed by atoms with Crippen LogP contribution in [0.15, 0.2) is 23.9 Å². The van der Waals surface area contributed by atoms with E-state index in [2.05, 4.69) is 20.9 Å². The second-order valence-electron chi connectivity index (χ2n) is 3.85. The lowest BCUT2D eigenvalue weighted by atomic mass is 10.1. The summed E-state index contributed by atoms with van der Waals surface area (Å²) in [5.74, 6) is 0.622. The Morgan fingerprint density at radius 1 is 1.59 bits per heavy atom. The van der Waals surface area contributed by atoms with Gasteiger partial charge < -0.3 is 9.64 Å². The van der Waals surface area contributed by atoms with Crippen molar-refractivity contribution < 1.29 is 4.74 Å². The fourth-order valence-corrected chi connectivity index (χ4v) is 1.77. The topological polar surface area (TPSA) is 62.0 Å². The molecule has 0 radical (unpaired) electrons. The number of anilines is 1. The lowest BCUT2D eigenvalue weighted by molar-refractivity contribution is 0.222. The summed E-state index contributed by atoms with van der Waals surface area (Å²) in [6, 6.07) is 3.63. The quantitative estimate of drug-likeness (QED) is 0.728. The summed E-state index contributed by atoms with van der Waals surface area (Å²) in [5, 5.41) is 8.79. The summed E-state index contributed by atoms with van der Waals surface area (Å²) in [5.41, 5.74) is 1.71. The Kier molecular flexibility index (Phi) is 3.68. The summed E-state index contributed by atoms with van der Waals surface area (Å²) in [7, 11) is 1.70. The molecule has 0 atom stereocenters. The van der Waals surface area contributed by atoms with Crippen LogP contribution in [-0.2, 0) is 4.74 Å². The minimum Gasteiger partial charge on any atom is -0.380 e. The summed E-state index contributed by atoms with van der Waals surface area (Å²) in [6.07, 6.45) is 4.71. The lowest BCUT2D eigenvalue weighted by Crippen LogP contribution is -2.30. The third kappa shape index (κ3) is 2.80. The number of hydrogen-bond acceptors (Lipinski definition) is 5. The van der Waals surface area contributed by atoms with Gasteiger partial charge in [-0.25, -0.2) is 9.97 Å². The highest BCUT2D eigenvalue weighted by Crippen LogP contribution is 2.15. The van der Waals surface area contributed by atoms with Gasteiger partial charge in [0.25, 0.3) is 0 Å². The van der Waals surface area contributed by atoms with Gasteiger partial charge in [0.1, 0.15) is 11.8 Å². The molecule has 17 heavy (non-hydrogen) atoms. The molecule has 0 aromatic carbocycles. The molecule has 88 valence electrons. The first kappa shape index (κ1) is 11.6. The molecule has 5 heteroatoms. The van der Waals surface area contributed by atoms with E-state index in [0.717, 1.165) is 19.5 Å². The highest BCUT2D eigenvalue weighted by Gasteiger charge is 2.14. The maximum Gasteiger partial charge on any atom is 0.226 e. The lowest BCUT2D eigenvalue weighted by Gasteiger charge is -2.26. The van der Waals surface area contributed by atoms with Gasteiger partial charge in [0.2, 0.25) is 5.95 Å². The van der Waals surface area contributed by atoms with Crippen molar-refractivity contribution in [3.05, 3.63) is 29.6 Å². The fourth-order valence-electron chi connectivity index (χ4n) is 1.77. The predicted octanol–water partition coefficient (Wildman–Crippen LogP) is 1.13. The summed E-state index contributed by atoms with van der Waals surface area (Å²) < 4.78 is 5.10. The van der Waals surface area contributed by atoms with E-state index < -0.39 is 0 Å². The minimum atomic E-state index is 0.404. The van der Waals surface area contributed by atoms with E-state index >= 15 is 0 Å². The van der Waals surface area contributed by atoms with Crippen LogP contribution in [0.5, 0.6) is 0 Å². The van der Waals surface area contributed by atoms with Gasteiger partial charge in [-0.3, -0.25) is 0 Å². The van der Waals surface area contributed by atoms with Crippen LogP contribution in [0.1, 0.15) is 12.1 Å². The Balaban J connectivity index is 2.08. The zero-order valence-electron chi connectivity index (χ0n) is 9.76. The Bertz CT molecular complexity index is 464. The molecule has 0 aliphatic carbocycles. The van der Waals surface area contributed by atoms with E-state index in [1.807, 2.05) is 6.07 Å². The van der Waals surface area contributed by atoms with E-state index in [0.29, 0.717) is 18.2 Å². The maximum absolute atomic E-state index is 8.79. The molecule has 0 bridgehead atoms. The van der Waals surface area contributed by atoms with Crippen LogP contribution in [0.3, 0.4) is 0 Å². The molecule has 0 amide bonds. The molecule has 0 saturated carbocycles. The van der Waals surface area contributed by atoms with Crippen LogP contribution in [0.2, 0.25) is 0 Å². The molecule has 1 aliphatic heterocycles. The highest BCUT2D eigenvalue weighted by atomic mass is 16.5. The number of methoxy groups -OCH3 is 1. The zero-order chi connectivity index (χ0) is 12.1. The van der Waals surface area contributed by atoms with Crippen molar-refractivity contribution in [2.24, 2.45) is 0 Å². The number of hydrogen-bond donors (Lipinski definition) is 0. The van der Waals surface area contributed by atoms with Crippen molar-refractivity contribution in [3.63, 3.8) is 0 Å². The molecule has 2 rings (SSSR count). The monoisotopic (exact) mass is 230 g/mol. The first-order valence-corrected chi connectivity index (χ1v) is 5.48. The Labute approximate surface area is 100 Å². The zero-order valence-corrected chi connectivity index (χ0v) is 9.76. The fraction of sp³-hybridized carbons (Fsp3) is 0.417. The van der Waals surface area contributed by atoms with Crippen molar-refractivity contribution in [3.8, 4) is 6.07 Å². The van der Waals surface area contributed by atoms with Crippen molar-refractivity contribution in [1.29, 1.82) is 5.26 Å². The van der Waals surface area contributed by atoms with Gasteiger partial charge in [0.05, 0.1) is 6.61 Å². The van der Waals surface area contributed by atoms with Gasteiger partial charge in [0.15, 0.2) is 0 Å². The van der Waals surface area contributed by atoms with Crippen LogP contribution in [0.25, 0.3) is 0 Å². The summed E-state index contributed by atoms with van der Waals surface area (Å²) in [6.45, 7) is 2.32. The summed E-state index contributed by atoms with van der Waals surface area (Å²) in [4.78, 5) is 10.4. The normalized spacial score (nSPS) is 15.3. The Morgan fingerprint density at radius 3 is 3.12 bits per heavy atom. The van der Waals surface area contributed by atoms with Gasteiger partial charge in [-0.1, -0.05) is 6.08 Å². The maximum atomic E-state index is 8.79. The third-order valence-electron chi connectivity index (χ3n) is 2.67. The van der Waals surface area contributed by atoms with Crippen LogP contribution in [0, 0.1) is 11.3 Å². The minimum absolute atomic E-state index is 0.404. The molecule has 1 aromatic heterocycles. The van der Waals surface area contributed by atoms with Gasteiger partial charge in [-0.15, -0.1) is 0 Å². The van der Waals surface area contributed by atoms with Crippen LogP contribution < -0.4 is 4.90 Å². The number of rotatable bonds is 3.